The highest BCUT2D eigenvalue weighted by molar-refractivity contribution is 5.26. The van der Waals surface area contributed by atoms with Crippen molar-refractivity contribution in [2.24, 2.45) is 46.3 Å². The molecule has 13 heteroatoms. The Bertz CT molecular complexity index is 1230. The van der Waals surface area contributed by atoms with Crippen LogP contribution in [0.25, 0.3) is 0 Å². The molecule has 2 heterocycles. The largest absolute Gasteiger partial charge is 0.394 e. The molecule has 13 nitrogen and oxygen atoms in total. The Kier molecular flexibility index (Phi) is 12.6. The molecule has 52 heavy (non-hydrogen) atoms. The molecule has 2 aliphatic heterocycles. The molecule has 0 bridgehead atoms. The number of aliphatic hydroxyl groups is 9. The average molecular weight is 743 g/mol. The summed E-state index contributed by atoms with van der Waals surface area (Å²) in [6.45, 7) is 10.1. The van der Waals surface area contributed by atoms with E-state index in [0.717, 1.165) is 38.5 Å². The van der Waals surface area contributed by atoms with E-state index in [9.17, 15) is 46.0 Å². The van der Waals surface area contributed by atoms with Crippen LogP contribution in [0.3, 0.4) is 0 Å². The Balaban J connectivity index is 1.22. The van der Waals surface area contributed by atoms with Gasteiger partial charge in [0, 0.05) is 0 Å². The average Bonchev–Trinajstić information content (AvgIpc) is 3.42. The van der Waals surface area contributed by atoms with Gasteiger partial charge in [-0.05, 0) is 104 Å². The molecule has 3 saturated carbocycles. The Hall–Kier alpha value is -0.780. The predicted octanol–water partition coefficient (Wildman–Crippen LogP) is 0.979. The van der Waals surface area contributed by atoms with Crippen LogP contribution in [0.15, 0.2) is 11.6 Å². The Morgan fingerprint density at radius 3 is 1.94 bits per heavy atom. The molecular formula is C39H66O13. The van der Waals surface area contributed by atoms with Gasteiger partial charge < -0.3 is 64.9 Å². The van der Waals surface area contributed by atoms with Gasteiger partial charge in [-0.25, -0.2) is 0 Å². The minimum Gasteiger partial charge on any atom is -0.394 e. The number of hydrogen-bond donors (Lipinski definition) is 9. The lowest BCUT2D eigenvalue weighted by molar-refractivity contribution is -0.316. The molecule has 4 aliphatic carbocycles. The van der Waals surface area contributed by atoms with Gasteiger partial charge in [-0.1, -0.05) is 46.3 Å². The molecule has 9 N–H and O–H groups in total. The minimum absolute atomic E-state index is 0.0613. The van der Waals surface area contributed by atoms with Crippen LogP contribution in [0.2, 0.25) is 0 Å². The van der Waals surface area contributed by atoms with E-state index in [1.807, 2.05) is 0 Å². The standard InChI is InChI=1S/C39H66O13/c1-18(2)6-9-25(42)19(3)29-26(50-37-35(48)33(46)31(44)28(17-41)52-37)15-24-22-8-7-20-14-21(10-12-38(20,4)23(22)11-13-39(24,29)5)49-36-34(47)32(45)30(43)27(16-40)51-36/h7,18-19,21-37,40-48H,6,8-17H2,1-5H3/t19-,21+,22-,23+,24+,25+,26+,27-,28-,29+,30-,31-,32+,33+,34-,35-,36-,37-,38+,39+/m1/s1. The van der Waals surface area contributed by atoms with Crippen LogP contribution in [0, 0.1) is 46.3 Å². The normalized spacial score (nSPS) is 50.6. The fraction of sp³-hybridized carbons (Fsp3) is 0.949. The number of aliphatic hydroxyl groups excluding tert-OH is 9. The number of fused-ring (bicyclic) bond motifs is 5. The molecule has 5 fully saturated rings. The molecule has 0 aromatic rings. The highest BCUT2D eigenvalue weighted by Gasteiger charge is 2.63. The maximum absolute atomic E-state index is 11.6. The van der Waals surface area contributed by atoms with Crippen LogP contribution in [0.5, 0.6) is 0 Å². The van der Waals surface area contributed by atoms with Crippen molar-refractivity contribution >= 4 is 0 Å². The van der Waals surface area contributed by atoms with Gasteiger partial charge in [0.2, 0.25) is 0 Å². The molecule has 6 rings (SSSR count). The Morgan fingerprint density at radius 1 is 0.769 bits per heavy atom. The van der Waals surface area contributed by atoms with Gasteiger partial charge in [-0.15, -0.1) is 0 Å². The van der Waals surface area contributed by atoms with Crippen molar-refractivity contribution in [1.29, 1.82) is 0 Å². The van der Waals surface area contributed by atoms with Crippen LogP contribution in [-0.4, -0.2) is 139 Å². The van der Waals surface area contributed by atoms with Gasteiger partial charge >= 0.3 is 0 Å². The van der Waals surface area contributed by atoms with Gasteiger partial charge in [-0.3, -0.25) is 0 Å². The van der Waals surface area contributed by atoms with Gasteiger partial charge in [0.15, 0.2) is 12.6 Å². The summed E-state index contributed by atoms with van der Waals surface area (Å²) in [5, 5.41) is 94.1. The van der Waals surface area contributed by atoms with Crippen molar-refractivity contribution in [1.82, 2.24) is 0 Å². The second-order valence-electron chi connectivity index (χ2n) is 18.0. The second-order valence-corrected chi connectivity index (χ2v) is 18.0. The lowest BCUT2D eigenvalue weighted by Crippen LogP contribution is -2.60. The lowest BCUT2D eigenvalue weighted by atomic mass is 9.47. The molecule has 6 aliphatic rings. The molecule has 2 saturated heterocycles. The summed E-state index contributed by atoms with van der Waals surface area (Å²) in [4.78, 5) is 0. The SMILES string of the molecule is CC(C)CC[C@H](O)[C@@H](C)[C@H]1[C@@H](O[C@@H]2O[C@H](CO)[C@@H](O)[C@H](O)[C@H]2O)C[C@H]2[C@@H]3CC=C4C[C@@H](O[C@@H]5O[C@H](CO)[C@@H](O)[C@H](O)[C@H]5O)CC[C@]4(C)[C@H]3CC[C@]12C. The van der Waals surface area contributed by atoms with Crippen molar-refractivity contribution in [3.05, 3.63) is 11.6 Å². The van der Waals surface area contributed by atoms with Gasteiger partial charge in [-0.2, -0.15) is 0 Å². The summed E-state index contributed by atoms with van der Waals surface area (Å²) >= 11 is 0. The van der Waals surface area contributed by atoms with Crippen molar-refractivity contribution in [3.63, 3.8) is 0 Å². The molecule has 0 radical (unpaired) electrons. The molecule has 20 atom stereocenters. The maximum Gasteiger partial charge on any atom is 0.186 e. The third kappa shape index (κ3) is 7.30. The van der Waals surface area contributed by atoms with E-state index in [1.165, 1.54) is 5.57 Å². The molecule has 300 valence electrons. The number of rotatable bonds is 11. The molecule has 0 unspecified atom stereocenters. The fourth-order valence-electron chi connectivity index (χ4n) is 11.6. The molecular weight excluding hydrogens is 676 g/mol. The quantitative estimate of drug-likeness (QED) is 0.135. The first-order valence-electron chi connectivity index (χ1n) is 19.8. The first-order chi connectivity index (χ1) is 24.5. The fourth-order valence-corrected chi connectivity index (χ4v) is 11.6. The monoisotopic (exact) mass is 742 g/mol. The zero-order chi connectivity index (χ0) is 37.9. The van der Waals surface area contributed by atoms with E-state index in [-0.39, 0.29) is 40.8 Å². The summed E-state index contributed by atoms with van der Waals surface area (Å²) in [6.07, 6.45) is -4.88. The third-order valence-corrected chi connectivity index (χ3v) is 14.7. The molecule has 0 spiro atoms. The topological polar surface area (TPSA) is 219 Å². The zero-order valence-corrected chi connectivity index (χ0v) is 31.5. The van der Waals surface area contributed by atoms with Gasteiger partial charge in [0.1, 0.15) is 48.8 Å². The van der Waals surface area contributed by atoms with Gasteiger partial charge in [0.05, 0.1) is 31.5 Å². The zero-order valence-electron chi connectivity index (χ0n) is 31.5. The minimum atomic E-state index is -1.53. The lowest BCUT2D eigenvalue weighted by Gasteiger charge is -2.58. The van der Waals surface area contributed by atoms with Crippen LogP contribution in [-0.2, 0) is 18.9 Å². The van der Waals surface area contributed by atoms with Crippen molar-refractivity contribution < 1.29 is 64.9 Å². The number of allylic oxidation sites excluding steroid dienone is 1. The summed E-state index contributed by atoms with van der Waals surface area (Å²) in [7, 11) is 0. The van der Waals surface area contributed by atoms with Crippen LogP contribution in [0.1, 0.15) is 92.4 Å². The summed E-state index contributed by atoms with van der Waals surface area (Å²) in [5.41, 5.74) is 1.07. The first-order valence-corrected chi connectivity index (χ1v) is 19.8. The Morgan fingerprint density at radius 2 is 1.37 bits per heavy atom. The highest BCUT2D eigenvalue weighted by atomic mass is 16.7. The molecule has 0 amide bonds. The highest BCUT2D eigenvalue weighted by Crippen LogP contribution is 2.68. The van der Waals surface area contributed by atoms with Crippen LogP contribution >= 0.6 is 0 Å². The van der Waals surface area contributed by atoms with Crippen LogP contribution in [0.4, 0.5) is 0 Å². The third-order valence-electron chi connectivity index (χ3n) is 14.7. The van der Waals surface area contributed by atoms with Crippen molar-refractivity contribution in [2.75, 3.05) is 13.2 Å². The number of ether oxygens (including phenoxy) is 4. The van der Waals surface area contributed by atoms with E-state index < -0.39 is 80.7 Å². The predicted molar refractivity (Wildman–Crippen MR) is 187 cm³/mol. The van der Waals surface area contributed by atoms with Gasteiger partial charge in [0.25, 0.3) is 0 Å². The van der Waals surface area contributed by atoms with E-state index in [4.69, 9.17) is 18.9 Å². The van der Waals surface area contributed by atoms with Crippen molar-refractivity contribution in [2.45, 2.75) is 172 Å². The molecule has 0 aromatic carbocycles. The number of hydrogen-bond acceptors (Lipinski definition) is 13. The van der Waals surface area contributed by atoms with Crippen LogP contribution < -0.4 is 0 Å². The van der Waals surface area contributed by atoms with E-state index in [1.54, 1.807) is 0 Å². The Labute approximate surface area is 307 Å². The molecule has 0 aromatic heterocycles. The summed E-state index contributed by atoms with van der Waals surface area (Å²) < 4.78 is 24.4. The summed E-state index contributed by atoms with van der Waals surface area (Å²) in [6, 6.07) is 0. The van der Waals surface area contributed by atoms with E-state index in [0.29, 0.717) is 37.0 Å². The van der Waals surface area contributed by atoms with E-state index in [2.05, 4.69) is 40.7 Å². The summed E-state index contributed by atoms with van der Waals surface area (Å²) in [5.74, 6) is 1.28. The maximum atomic E-state index is 11.6. The second kappa shape index (κ2) is 16.0. The van der Waals surface area contributed by atoms with Crippen molar-refractivity contribution in [3.8, 4) is 0 Å². The first kappa shape index (κ1) is 40.9. The smallest absolute Gasteiger partial charge is 0.186 e. The van der Waals surface area contributed by atoms with E-state index >= 15 is 0 Å².